The van der Waals surface area contributed by atoms with Crippen molar-refractivity contribution in [1.82, 2.24) is 4.90 Å². The molecule has 0 aromatic heterocycles. The summed E-state index contributed by atoms with van der Waals surface area (Å²) < 4.78 is 16.3. The normalized spacial score (nSPS) is 16.3. The molecule has 6 heteroatoms. The van der Waals surface area contributed by atoms with Crippen molar-refractivity contribution in [2.24, 2.45) is 0 Å². The van der Waals surface area contributed by atoms with Crippen molar-refractivity contribution in [1.29, 1.82) is 0 Å². The highest BCUT2D eigenvalue weighted by molar-refractivity contribution is 5.85. The van der Waals surface area contributed by atoms with Crippen molar-refractivity contribution < 1.29 is 19.0 Å². The van der Waals surface area contributed by atoms with Gasteiger partial charge in [0.2, 0.25) is 0 Å². The van der Waals surface area contributed by atoms with E-state index in [0.29, 0.717) is 18.1 Å². The third-order valence-electron chi connectivity index (χ3n) is 3.93. The lowest BCUT2D eigenvalue weighted by molar-refractivity contribution is -0.119. The van der Waals surface area contributed by atoms with E-state index in [1.807, 2.05) is 25.1 Å². The van der Waals surface area contributed by atoms with E-state index in [2.05, 4.69) is 4.90 Å². The molecule has 1 heterocycles. The van der Waals surface area contributed by atoms with Gasteiger partial charge in [0.1, 0.15) is 5.78 Å². The molecule has 1 aromatic carbocycles. The number of ketones is 1. The number of morpholine rings is 1. The van der Waals surface area contributed by atoms with Gasteiger partial charge in [0.05, 0.1) is 32.8 Å². The average molecular weight is 344 g/mol. The first kappa shape index (κ1) is 19.7. The van der Waals surface area contributed by atoms with Gasteiger partial charge >= 0.3 is 0 Å². The second-order valence-corrected chi connectivity index (χ2v) is 5.42. The molecule has 1 aromatic rings. The molecule has 1 aliphatic heterocycles. The quantitative estimate of drug-likeness (QED) is 0.761. The van der Waals surface area contributed by atoms with Crippen LogP contribution in [0.2, 0.25) is 0 Å². The van der Waals surface area contributed by atoms with Gasteiger partial charge < -0.3 is 14.2 Å². The van der Waals surface area contributed by atoms with Gasteiger partial charge in [-0.15, -0.1) is 12.4 Å². The second-order valence-electron chi connectivity index (χ2n) is 5.42. The van der Waals surface area contributed by atoms with Crippen molar-refractivity contribution in [2.75, 3.05) is 46.6 Å². The van der Waals surface area contributed by atoms with Crippen LogP contribution in [0, 0.1) is 0 Å². The predicted octanol–water partition coefficient (Wildman–Crippen LogP) is 2.52. The molecule has 1 unspecified atom stereocenters. The van der Waals surface area contributed by atoms with Gasteiger partial charge in [0.25, 0.3) is 0 Å². The number of carbonyl (C=O) groups is 1. The maximum atomic E-state index is 12.1. The van der Waals surface area contributed by atoms with Gasteiger partial charge in [-0.05, 0) is 31.5 Å². The highest BCUT2D eigenvalue weighted by atomic mass is 35.5. The first-order valence-electron chi connectivity index (χ1n) is 7.77. The predicted molar refractivity (Wildman–Crippen MR) is 92.1 cm³/mol. The van der Waals surface area contributed by atoms with Crippen molar-refractivity contribution in [3.8, 4) is 11.5 Å². The summed E-state index contributed by atoms with van der Waals surface area (Å²) in [6.45, 7) is 8.10. The summed E-state index contributed by atoms with van der Waals surface area (Å²) >= 11 is 0. The Morgan fingerprint density at radius 1 is 1.30 bits per heavy atom. The molecule has 1 aliphatic rings. The zero-order chi connectivity index (χ0) is 15.9. The number of hydrogen-bond acceptors (Lipinski definition) is 5. The summed E-state index contributed by atoms with van der Waals surface area (Å²) in [6, 6.07) is 5.75. The second kappa shape index (κ2) is 9.75. The summed E-state index contributed by atoms with van der Waals surface area (Å²) in [6.07, 6.45) is 0. The number of ether oxygens (including phenoxy) is 3. The van der Waals surface area contributed by atoms with Crippen LogP contribution < -0.4 is 9.47 Å². The molecule has 0 bridgehead atoms. The van der Waals surface area contributed by atoms with E-state index in [4.69, 9.17) is 14.2 Å². The van der Waals surface area contributed by atoms with E-state index >= 15 is 0 Å². The Morgan fingerprint density at radius 3 is 2.57 bits per heavy atom. The molecule has 1 fully saturated rings. The van der Waals surface area contributed by atoms with E-state index in [-0.39, 0.29) is 24.1 Å². The monoisotopic (exact) mass is 343 g/mol. The van der Waals surface area contributed by atoms with Crippen molar-refractivity contribution in [3.63, 3.8) is 0 Å². The molecule has 1 saturated heterocycles. The lowest BCUT2D eigenvalue weighted by Gasteiger charge is -2.30. The van der Waals surface area contributed by atoms with Crippen molar-refractivity contribution in [3.05, 3.63) is 23.8 Å². The summed E-state index contributed by atoms with van der Waals surface area (Å²) in [5.74, 6) is 1.40. The molecule has 0 radical (unpaired) electrons. The van der Waals surface area contributed by atoms with E-state index in [9.17, 15) is 4.79 Å². The first-order chi connectivity index (χ1) is 10.7. The number of benzene rings is 1. The molecule has 0 N–H and O–H groups in total. The van der Waals surface area contributed by atoms with Gasteiger partial charge in [-0.25, -0.2) is 0 Å². The molecule has 23 heavy (non-hydrogen) atoms. The van der Waals surface area contributed by atoms with Crippen LogP contribution in [-0.4, -0.2) is 57.2 Å². The lowest BCUT2D eigenvalue weighted by Crippen LogP contribution is -2.40. The van der Waals surface area contributed by atoms with Gasteiger partial charge in [0, 0.05) is 19.6 Å². The average Bonchev–Trinajstić information content (AvgIpc) is 2.54. The molecule has 0 spiro atoms. The Hall–Kier alpha value is -1.30. The van der Waals surface area contributed by atoms with Crippen LogP contribution in [0.1, 0.15) is 25.3 Å². The minimum atomic E-state index is -0.150. The Bertz CT molecular complexity index is 503. The zero-order valence-electron chi connectivity index (χ0n) is 14.0. The van der Waals surface area contributed by atoms with Crippen LogP contribution in [-0.2, 0) is 9.53 Å². The highest BCUT2D eigenvalue weighted by Gasteiger charge is 2.23. The number of halogens is 1. The molecule has 0 amide bonds. The SMILES string of the molecule is CCOc1ccc(C(CN2CCOCC2)C(C)=O)cc1OC.Cl. The molecule has 0 saturated carbocycles. The summed E-state index contributed by atoms with van der Waals surface area (Å²) in [4.78, 5) is 14.4. The Balaban J connectivity index is 0.00000264. The minimum absolute atomic E-state index is 0. The van der Waals surface area contributed by atoms with Crippen LogP contribution in [0.15, 0.2) is 18.2 Å². The van der Waals surface area contributed by atoms with Crippen LogP contribution in [0.25, 0.3) is 0 Å². The summed E-state index contributed by atoms with van der Waals surface area (Å²) in [5, 5.41) is 0. The Morgan fingerprint density at radius 2 is 2.00 bits per heavy atom. The van der Waals surface area contributed by atoms with E-state index in [0.717, 1.165) is 38.4 Å². The first-order valence-corrected chi connectivity index (χ1v) is 7.77. The molecule has 130 valence electrons. The summed E-state index contributed by atoms with van der Waals surface area (Å²) in [5.41, 5.74) is 0.972. The van der Waals surface area contributed by atoms with Crippen LogP contribution in [0.3, 0.4) is 0 Å². The number of methoxy groups -OCH3 is 1. The van der Waals surface area contributed by atoms with E-state index in [1.54, 1.807) is 14.0 Å². The van der Waals surface area contributed by atoms with Gasteiger partial charge in [-0.2, -0.15) is 0 Å². The van der Waals surface area contributed by atoms with Crippen molar-refractivity contribution >= 4 is 18.2 Å². The van der Waals surface area contributed by atoms with Crippen molar-refractivity contribution in [2.45, 2.75) is 19.8 Å². The number of nitrogens with zero attached hydrogens (tertiary/aromatic N) is 1. The number of carbonyl (C=O) groups excluding carboxylic acids is 1. The van der Waals surface area contributed by atoms with Gasteiger partial charge in [-0.3, -0.25) is 9.69 Å². The topological polar surface area (TPSA) is 48.0 Å². The largest absolute Gasteiger partial charge is 0.493 e. The number of hydrogen-bond donors (Lipinski definition) is 0. The third kappa shape index (κ3) is 5.37. The molecule has 2 rings (SSSR count). The fourth-order valence-corrected chi connectivity index (χ4v) is 2.69. The third-order valence-corrected chi connectivity index (χ3v) is 3.93. The fraction of sp³-hybridized carbons (Fsp3) is 0.588. The highest BCUT2D eigenvalue weighted by Crippen LogP contribution is 2.31. The molecule has 5 nitrogen and oxygen atoms in total. The zero-order valence-corrected chi connectivity index (χ0v) is 14.9. The van der Waals surface area contributed by atoms with Crippen LogP contribution in [0.5, 0.6) is 11.5 Å². The van der Waals surface area contributed by atoms with Crippen LogP contribution in [0.4, 0.5) is 0 Å². The van der Waals surface area contributed by atoms with Gasteiger partial charge in [0.15, 0.2) is 11.5 Å². The van der Waals surface area contributed by atoms with E-state index < -0.39 is 0 Å². The molecule has 0 aliphatic carbocycles. The maximum Gasteiger partial charge on any atom is 0.161 e. The standard InChI is InChI=1S/C17H25NO4.ClH/c1-4-22-16-6-5-14(11-17(16)20-3)15(13(2)19)12-18-7-9-21-10-8-18;/h5-6,11,15H,4,7-10,12H2,1-3H3;1H. The fourth-order valence-electron chi connectivity index (χ4n) is 2.69. The molecule has 1 atom stereocenters. The molecular weight excluding hydrogens is 318 g/mol. The number of rotatable bonds is 7. The van der Waals surface area contributed by atoms with E-state index in [1.165, 1.54) is 0 Å². The Kier molecular flexibility index (Phi) is 8.37. The Labute approximate surface area is 144 Å². The lowest BCUT2D eigenvalue weighted by atomic mass is 9.94. The number of Topliss-reactive ketones (excluding diaryl/α,β-unsaturated/α-hetero) is 1. The maximum absolute atomic E-state index is 12.1. The summed E-state index contributed by atoms with van der Waals surface area (Å²) in [7, 11) is 1.62. The minimum Gasteiger partial charge on any atom is -0.493 e. The smallest absolute Gasteiger partial charge is 0.161 e. The molecular formula is C17H26ClNO4. The van der Waals surface area contributed by atoms with Crippen LogP contribution >= 0.6 is 12.4 Å². The van der Waals surface area contributed by atoms with Gasteiger partial charge in [-0.1, -0.05) is 6.07 Å².